The molecule has 3 amide bonds. The van der Waals surface area contributed by atoms with Gasteiger partial charge in [0.25, 0.3) is 0 Å². The number of hydrogen-bond acceptors (Lipinski definition) is 10. The highest BCUT2D eigenvalue weighted by Gasteiger charge is 2.31. The lowest BCUT2D eigenvalue weighted by Crippen LogP contribution is -2.48. The summed E-state index contributed by atoms with van der Waals surface area (Å²) in [5, 5.41) is 16.8. The number of fused-ring (bicyclic) bond motifs is 1. The molecule has 298 valence electrons. The molecule has 0 unspecified atom stereocenters. The van der Waals surface area contributed by atoms with Crippen LogP contribution in [0.25, 0.3) is 22.2 Å². The van der Waals surface area contributed by atoms with Gasteiger partial charge < -0.3 is 30.2 Å². The standard InChI is InChI=1S/C42H52N6O8/c1-25-21-30(38(51)54-8)17-19-32(25)28-13-9-26(10-14-28)22-34(45-36(49)29-15-11-27(12-16-29)24-43-39(52)55-41(2,3)4)37(50)44-31-18-20-33-35(23-31)48(47-46-33)40(53)56-42(5,6)7/h9-10,13-14,17-21,23,27,29,34H,11-12,15-16,22,24H2,1-8H3,(H,43,52)(H,44,50)(H,45,49)/t27-,29-,34-/m0/s1. The second-order valence-electron chi connectivity index (χ2n) is 16.3. The fraction of sp³-hybridized carbons (Fsp3) is 0.452. The summed E-state index contributed by atoms with van der Waals surface area (Å²) < 4.78 is 16.7. The highest BCUT2D eigenvalue weighted by Crippen LogP contribution is 2.30. The summed E-state index contributed by atoms with van der Waals surface area (Å²) in [4.78, 5) is 64.8. The number of aryl methyl sites for hydroxylation is 1. The van der Waals surface area contributed by atoms with Crippen LogP contribution in [0.3, 0.4) is 0 Å². The Morgan fingerprint density at radius 1 is 0.857 bits per heavy atom. The normalized spacial score (nSPS) is 16.4. The fourth-order valence-corrected chi connectivity index (χ4v) is 6.62. The van der Waals surface area contributed by atoms with E-state index in [2.05, 4.69) is 26.3 Å². The van der Waals surface area contributed by atoms with Crippen molar-refractivity contribution in [3.63, 3.8) is 0 Å². The van der Waals surface area contributed by atoms with E-state index < -0.39 is 41.3 Å². The lowest BCUT2D eigenvalue weighted by molar-refractivity contribution is -0.130. The molecule has 1 fully saturated rings. The summed E-state index contributed by atoms with van der Waals surface area (Å²) in [6.45, 7) is 13.1. The van der Waals surface area contributed by atoms with E-state index in [0.717, 1.165) is 39.8 Å². The Labute approximate surface area is 327 Å². The van der Waals surface area contributed by atoms with Gasteiger partial charge in [0.05, 0.1) is 12.7 Å². The first-order valence-corrected chi connectivity index (χ1v) is 18.8. The summed E-state index contributed by atoms with van der Waals surface area (Å²) in [7, 11) is 1.35. The molecule has 0 aliphatic heterocycles. The van der Waals surface area contributed by atoms with Crippen LogP contribution in [-0.2, 0) is 30.2 Å². The number of ether oxygens (including phenoxy) is 3. The minimum atomic E-state index is -0.939. The molecule has 1 heterocycles. The van der Waals surface area contributed by atoms with E-state index in [4.69, 9.17) is 14.2 Å². The number of aromatic nitrogens is 3. The molecule has 56 heavy (non-hydrogen) atoms. The van der Waals surface area contributed by atoms with Gasteiger partial charge in [0.15, 0.2) is 0 Å². The Morgan fingerprint density at radius 2 is 1.54 bits per heavy atom. The average Bonchev–Trinajstić information content (AvgIpc) is 3.56. The molecule has 1 aliphatic carbocycles. The van der Waals surface area contributed by atoms with Gasteiger partial charge in [-0.3, -0.25) is 9.59 Å². The Morgan fingerprint density at radius 3 is 2.16 bits per heavy atom. The zero-order valence-electron chi connectivity index (χ0n) is 33.4. The number of esters is 1. The SMILES string of the molecule is COC(=O)c1ccc(-c2ccc(C[C@H](NC(=O)[C@H]3CC[C@H](CNC(=O)OC(C)(C)C)CC3)C(=O)Nc3ccc4nnn(C(=O)OC(C)(C)C)c4c3)cc2)c(C)c1. The number of alkyl carbamates (subject to hydrolysis) is 1. The molecule has 14 nitrogen and oxygen atoms in total. The number of rotatable bonds is 10. The van der Waals surface area contributed by atoms with Crippen molar-refractivity contribution in [2.45, 2.75) is 97.8 Å². The monoisotopic (exact) mass is 768 g/mol. The summed E-state index contributed by atoms with van der Waals surface area (Å²) in [6, 6.07) is 17.0. The first-order valence-electron chi connectivity index (χ1n) is 18.8. The molecule has 0 spiro atoms. The summed E-state index contributed by atoms with van der Waals surface area (Å²) in [6.07, 6.45) is 1.74. The summed E-state index contributed by atoms with van der Waals surface area (Å²) in [5.74, 6) is -1.16. The first kappa shape index (κ1) is 41.4. The third kappa shape index (κ3) is 11.1. The maximum Gasteiger partial charge on any atom is 0.437 e. The number of anilines is 1. The number of benzene rings is 3. The second kappa shape index (κ2) is 17.3. The molecule has 3 aromatic carbocycles. The Hall–Kier alpha value is -5.79. The van der Waals surface area contributed by atoms with Gasteiger partial charge in [-0.05, 0) is 133 Å². The van der Waals surface area contributed by atoms with E-state index in [1.807, 2.05) is 58.0 Å². The van der Waals surface area contributed by atoms with Gasteiger partial charge in [-0.15, -0.1) is 9.78 Å². The molecule has 1 saturated carbocycles. The van der Waals surface area contributed by atoms with Crippen molar-refractivity contribution in [1.29, 1.82) is 0 Å². The third-order valence-electron chi connectivity index (χ3n) is 9.42. The van der Waals surface area contributed by atoms with E-state index in [-0.39, 0.29) is 24.2 Å². The third-order valence-corrected chi connectivity index (χ3v) is 9.42. The summed E-state index contributed by atoms with van der Waals surface area (Å²) >= 11 is 0. The van der Waals surface area contributed by atoms with Crippen LogP contribution in [0.15, 0.2) is 60.7 Å². The number of hydrogen-bond donors (Lipinski definition) is 3. The fourth-order valence-electron chi connectivity index (χ4n) is 6.62. The van der Waals surface area contributed by atoms with Crippen LogP contribution < -0.4 is 16.0 Å². The topological polar surface area (TPSA) is 180 Å². The van der Waals surface area contributed by atoms with E-state index in [1.165, 1.54) is 7.11 Å². The van der Waals surface area contributed by atoms with Gasteiger partial charge in [-0.25, -0.2) is 14.4 Å². The lowest BCUT2D eigenvalue weighted by Gasteiger charge is -2.29. The molecule has 0 saturated heterocycles. The van der Waals surface area contributed by atoms with E-state index in [1.54, 1.807) is 51.1 Å². The van der Waals surface area contributed by atoms with Crippen molar-refractivity contribution >= 4 is 46.7 Å². The van der Waals surface area contributed by atoms with Gasteiger partial charge in [-0.1, -0.05) is 35.5 Å². The number of carbonyl (C=O) groups excluding carboxylic acids is 5. The molecule has 5 rings (SSSR count). The second-order valence-corrected chi connectivity index (χ2v) is 16.3. The van der Waals surface area contributed by atoms with Crippen molar-refractivity contribution in [1.82, 2.24) is 25.6 Å². The molecular weight excluding hydrogens is 716 g/mol. The minimum Gasteiger partial charge on any atom is -0.465 e. The van der Waals surface area contributed by atoms with Crippen LogP contribution in [0, 0.1) is 18.8 Å². The smallest absolute Gasteiger partial charge is 0.437 e. The van der Waals surface area contributed by atoms with Crippen molar-refractivity contribution in [3.05, 3.63) is 77.4 Å². The Bertz CT molecular complexity index is 2070. The molecule has 1 aliphatic rings. The first-order chi connectivity index (χ1) is 26.4. The molecule has 0 bridgehead atoms. The van der Waals surface area contributed by atoms with Crippen molar-refractivity contribution in [2.24, 2.45) is 11.8 Å². The van der Waals surface area contributed by atoms with Crippen LogP contribution >= 0.6 is 0 Å². The quantitative estimate of drug-likeness (QED) is 0.113. The Kier molecular flexibility index (Phi) is 12.8. The number of carbonyl (C=O) groups is 5. The molecule has 14 heteroatoms. The average molecular weight is 769 g/mol. The van der Waals surface area contributed by atoms with Crippen molar-refractivity contribution in [3.8, 4) is 11.1 Å². The highest BCUT2D eigenvalue weighted by atomic mass is 16.6. The van der Waals surface area contributed by atoms with E-state index in [9.17, 15) is 24.0 Å². The van der Waals surface area contributed by atoms with Gasteiger partial charge in [0, 0.05) is 24.6 Å². The zero-order valence-corrected chi connectivity index (χ0v) is 33.4. The van der Waals surface area contributed by atoms with E-state index in [0.29, 0.717) is 41.7 Å². The summed E-state index contributed by atoms with van der Waals surface area (Å²) in [5.41, 5.74) is 3.88. The van der Waals surface area contributed by atoms with Crippen molar-refractivity contribution < 1.29 is 38.2 Å². The number of amides is 3. The van der Waals surface area contributed by atoms with Crippen LogP contribution in [0.5, 0.6) is 0 Å². The highest BCUT2D eigenvalue weighted by molar-refractivity contribution is 5.99. The molecule has 0 radical (unpaired) electrons. The number of nitrogens with zero attached hydrogens (tertiary/aromatic N) is 3. The Balaban J connectivity index is 1.31. The largest absolute Gasteiger partial charge is 0.465 e. The minimum absolute atomic E-state index is 0.201. The predicted molar refractivity (Wildman–Crippen MR) is 211 cm³/mol. The maximum absolute atomic E-state index is 14.0. The molecular formula is C42H52N6O8. The van der Waals surface area contributed by atoms with Crippen LogP contribution in [0.1, 0.15) is 88.7 Å². The predicted octanol–water partition coefficient (Wildman–Crippen LogP) is 6.97. The van der Waals surface area contributed by atoms with E-state index >= 15 is 0 Å². The van der Waals surface area contributed by atoms with Crippen LogP contribution in [0.4, 0.5) is 15.3 Å². The molecule has 3 N–H and O–H groups in total. The van der Waals surface area contributed by atoms with Gasteiger partial charge in [-0.2, -0.15) is 0 Å². The van der Waals surface area contributed by atoms with Crippen molar-refractivity contribution in [2.75, 3.05) is 19.0 Å². The zero-order chi connectivity index (χ0) is 40.8. The number of nitrogens with one attached hydrogen (secondary N) is 3. The molecule has 1 aromatic heterocycles. The van der Waals surface area contributed by atoms with Crippen LogP contribution in [0.2, 0.25) is 0 Å². The number of methoxy groups -OCH3 is 1. The van der Waals surface area contributed by atoms with Gasteiger partial charge in [0.2, 0.25) is 11.8 Å². The van der Waals surface area contributed by atoms with Crippen LogP contribution in [-0.4, -0.2) is 75.9 Å². The van der Waals surface area contributed by atoms with Gasteiger partial charge >= 0.3 is 18.2 Å². The maximum atomic E-state index is 14.0. The molecule has 1 atom stereocenters. The molecule has 4 aromatic rings. The van der Waals surface area contributed by atoms with Gasteiger partial charge in [0.1, 0.15) is 28.3 Å². The lowest BCUT2D eigenvalue weighted by atomic mass is 9.81.